The summed E-state index contributed by atoms with van der Waals surface area (Å²) in [5.41, 5.74) is 9.88. The molecule has 1 rings (SSSR count). The van der Waals surface area contributed by atoms with Gasteiger partial charge < -0.3 is 11.5 Å². The maximum absolute atomic E-state index is 7.01. The average Bonchev–Trinajstić information content (AvgIpc) is 2.80. The maximum Gasteiger partial charge on any atom is 0.0933 e. The van der Waals surface area contributed by atoms with Gasteiger partial charge in [0.25, 0.3) is 0 Å². The molecule has 1 heterocycles. The number of aliphatic imine (C=N–C) groups is 1. The quantitative estimate of drug-likeness (QED) is 0.356. The van der Waals surface area contributed by atoms with Crippen LogP contribution < -0.4 is 11.5 Å². The fourth-order valence-corrected chi connectivity index (χ4v) is 1.85. The van der Waals surface area contributed by atoms with Gasteiger partial charge in [-0.05, 0) is 37.8 Å². The second-order valence-electron chi connectivity index (χ2n) is 2.92. The Kier molecular flexibility index (Phi) is 16.8. The van der Waals surface area contributed by atoms with Gasteiger partial charge in [-0.3, -0.25) is 10.4 Å². The third kappa shape index (κ3) is 13.8. The van der Waals surface area contributed by atoms with E-state index in [9.17, 15) is 0 Å². The number of amidine groups is 1. The van der Waals surface area contributed by atoms with Gasteiger partial charge in [-0.2, -0.15) is 12.6 Å². The molecule has 0 aromatic carbocycles. The summed E-state index contributed by atoms with van der Waals surface area (Å²) in [5.74, 6) is 2.79. The largest absolute Gasteiger partial charge is 0.387 e. The van der Waals surface area contributed by atoms with E-state index in [0.29, 0.717) is 0 Å². The van der Waals surface area contributed by atoms with Crippen molar-refractivity contribution >= 4 is 35.3 Å². The van der Waals surface area contributed by atoms with E-state index in [1.165, 1.54) is 19.2 Å². The Balaban J connectivity index is 0. The highest BCUT2D eigenvalue weighted by atomic mass is 32.2. The number of rotatable bonds is 3. The van der Waals surface area contributed by atoms with E-state index < -0.39 is 0 Å². The molecule has 0 amide bonds. The highest BCUT2D eigenvalue weighted by molar-refractivity contribution is 8.14. The molecule has 0 aromatic rings. The fraction of sp³-hybridized carbons (Fsp3) is 0.800. The number of nitrogens with two attached hydrogens (primary N) is 2. The summed E-state index contributed by atoms with van der Waals surface area (Å²) in [6.07, 6.45) is 4.15. The van der Waals surface area contributed by atoms with Gasteiger partial charge in [-0.25, -0.2) is 0 Å². The SMILES string of the molecule is CN.CN=C(N)CCCS.N=C1CCCS1. The summed E-state index contributed by atoms with van der Waals surface area (Å²) >= 11 is 5.70. The zero-order valence-electron chi connectivity index (χ0n) is 10.2. The Morgan fingerprint density at radius 2 is 2.19 bits per heavy atom. The van der Waals surface area contributed by atoms with Crippen molar-refractivity contribution in [3.63, 3.8) is 0 Å². The molecule has 96 valence electrons. The molecule has 4 nitrogen and oxygen atoms in total. The van der Waals surface area contributed by atoms with Crippen molar-refractivity contribution in [1.29, 1.82) is 5.41 Å². The third-order valence-corrected chi connectivity index (χ3v) is 3.06. The van der Waals surface area contributed by atoms with Crippen molar-refractivity contribution in [2.24, 2.45) is 16.5 Å². The number of thioether (sulfide) groups is 1. The van der Waals surface area contributed by atoms with Crippen molar-refractivity contribution in [2.45, 2.75) is 25.7 Å². The number of nitrogens with one attached hydrogen (secondary N) is 1. The van der Waals surface area contributed by atoms with E-state index >= 15 is 0 Å². The van der Waals surface area contributed by atoms with Crippen molar-refractivity contribution in [3.05, 3.63) is 0 Å². The van der Waals surface area contributed by atoms with Crippen molar-refractivity contribution in [2.75, 3.05) is 25.6 Å². The Hall–Kier alpha value is -0.200. The van der Waals surface area contributed by atoms with Gasteiger partial charge >= 0.3 is 0 Å². The summed E-state index contributed by atoms with van der Waals surface area (Å²) in [6.45, 7) is 0. The van der Waals surface area contributed by atoms with Crippen LogP contribution in [0.4, 0.5) is 0 Å². The van der Waals surface area contributed by atoms with Crippen LogP contribution in [0.25, 0.3) is 0 Å². The monoisotopic (exact) mass is 264 g/mol. The summed E-state index contributed by atoms with van der Waals surface area (Å²) < 4.78 is 0. The van der Waals surface area contributed by atoms with Gasteiger partial charge in [0, 0.05) is 13.5 Å². The molecule has 0 aromatic heterocycles. The minimum Gasteiger partial charge on any atom is -0.387 e. The molecule has 1 saturated heterocycles. The lowest BCUT2D eigenvalue weighted by atomic mass is 10.3. The molecule has 0 unspecified atom stereocenters. The lowest BCUT2D eigenvalue weighted by Crippen LogP contribution is -2.10. The highest BCUT2D eigenvalue weighted by Crippen LogP contribution is 2.17. The third-order valence-electron chi connectivity index (χ3n) is 1.70. The minimum atomic E-state index is 0.721. The minimum absolute atomic E-state index is 0.721. The van der Waals surface area contributed by atoms with E-state index in [1.54, 1.807) is 18.8 Å². The number of hydrogen-bond donors (Lipinski definition) is 4. The van der Waals surface area contributed by atoms with Crippen LogP contribution >= 0.6 is 24.4 Å². The van der Waals surface area contributed by atoms with E-state index in [0.717, 1.165) is 35.9 Å². The summed E-state index contributed by atoms with van der Waals surface area (Å²) in [6, 6.07) is 0. The summed E-state index contributed by atoms with van der Waals surface area (Å²) in [7, 11) is 3.20. The molecule has 6 heteroatoms. The zero-order chi connectivity index (χ0) is 12.8. The molecule has 0 bridgehead atoms. The maximum atomic E-state index is 7.01. The van der Waals surface area contributed by atoms with Crippen LogP contribution in [-0.4, -0.2) is 36.5 Å². The molecule has 0 saturated carbocycles. The van der Waals surface area contributed by atoms with Crippen molar-refractivity contribution < 1.29 is 0 Å². The van der Waals surface area contributed by atoms with E-state index in [4.69, 9.17) is 11.1 Å². The standard InChI is InChI=1S/C5H12N2S.C4H7NS.CH5N/c1-7-5(6)3-2-4-8;5-4-2-1-3-6-4;1-2/h8H,2-4H2,1H3,(H2,6,7);5H,1-3H2;2H2,1H3. The lowest BCUT2D eigenvalue weighted by molar-refractivity contribution is 0.996. The van der Waals surface area contributed by atoms with E-state index in [1.807, 2.05) is 0 Å². The van der Waals surface area contributed by atoms with E-state index in [2.05, 4.69) is 23.4 Å². The van der Waals surface area contributed by atoms with Crippen LogP contribution in [0.5, 0.6) is 0 Å². The fourth-order valence-electron chi connectivity index (χ4n) is 0.872. The molecule has 1 aliphatic heterocycles. The van der Waals surface area contributed by atoms with Crippen LogP contribution in [0.1, 0.15) is 25.7 Å². The summed E-state index contributed by atoms with van der Waals surface area (Å²) in [5, 5.41) is 7.88. The molecular formula is C10H24N4S2. The molecule has 1 fully saturated rings. The Morgan fingerprint density at radius 1 is 1.56 bits per heavy atom. The molecule has 0 radical (unpaired) electrons. The number of nitrogens with zero attached hydrogens (tertiary/aromatic N) is 1. The Bertz CT molecular complexity index is 187. The van der Waals surface area contributed by atoms with Gasteiger partial charge in [-0.15, -0.1) is 11.8 Å². The predicted molar refractivity (Wildman–Crippen MR) is 80.2 cm³/mol. The molecular weight excluding hydrogens is 240 g/mol. The Labute approximate surface area is 109 Å². The van der Waals surface area contributed by atoms with Gasteiger partial charge in [-0.1, -0.05) is 0 Å². The number of thiol groups is 1. The molecule has 16 heavy (non-hydrogen) atoms. The van der Waals surface area contributed by atoms with E-state index in [-0.39, 0.29) is 0 Å². The van der Waals surface area contributed by atoms with Crippen LogP contribution in [-0.2, 0) is 0 Å². The Morgan fingerprint density at radius 3 is 2.44 bits per heavy atom. The average molecular weight is 264 g/mol. The van der Waals surface area contributed by atoms with Gasteiger partial charge in [0.2, 0.25) is 0 Å². The molecule has 1 aliphatic rings. The van der Waals surface area contributed by atoms with Crippen LogP contribution in [0.2, 0.25) is 0 Å². The first kappa shape index (κ1) is 18.2. The zero-order valence-corrected chi connectivity index (χ0v) is 11.9. The second kappa shape index (κ2) is 14.8. The smallest absolute Gasteiger partial charge is 0.0933 e. The first-order valence-corrected chi connectivity index (χ1v) is 6.92. The van der Waals surface area contributed by atoms with Crippen molar-refractivity contribution in [3.8, 4) is 0 Å². The first-order valence-electron chi connectivity index (χ1n) is 5.30. The lowest BCUT2D eigenvalue weighted by Gasteiger charge is -1.93. The summed E-state index contributed by atoms with van der Waals surface area (Å²) in [4.78, 5) is 3.79. The predicted octanol–water partition coefficient (Wildman–Crippen LogP) is 1.75. The van der Waals surface area contributed by atoms with Gasteiger partial charge in [0.05, 0.1) is 10.9 Å². The highest BCUT2D eigenvalue weighted by Gasteiger charge is 2.04. The van der Waals surface area contributed by atoms with Crippen LogP contribution in [0.3, 0.4) is 0 Å². The van der Waals surface area contributed by atoms with Crippen LogP contribution in [0.15, 0.2) is 4.99 Å². The second-order valence-corrected chi connectivity index (χ2v) is 4.55. The normalized spacial score (nSPS) is 14.8. The topological polar surface area (TPSA) is 88.2 Å². The molecule has 0 aliphatic carbocycles. The number of hydrogen-bond acceptors (Lipinski definition) is 5. The van der Waals surface area contributed by atoms with Crippen molar-refractivity contribution in [1.82, 2.24) is 0 Å². The van der Waals surface area contributed by atoms with Gasteiger partial charge in [0.15, 0.2) is 0 Å². The first-order chi connectivity index (χ1) is 7.70. The van der Waals surface area contributed by atoms with Crippen LogP contribution in [0, 0.1) is 5.41 Å². The molecule has 0 atom stereocenters. The molecule has 0 spiro atoms. The molecule has 5 N–H and O–H groups in total. The van der Waals surface area contributed by atoms with Gasteiger partial charge in [0.1, 0.15) is 0 Å².